The second-order valence-corrected chi connectivity index (χ2v) is 7.41. The van der Waals surface area contributed by atoms with Crippen LogP contribution in [-0.2, 0) is 4.79 Å². The maximum Gasteiger partial charge on any atom is 0.442 e. The van der Waals surface area contributed by atoms with Gasteiger partial charge in [0.25, 0.3) is 0 Å². The number of aryl methyl sites for hydroxylation is 2. The Labute approximate surface area is 155 Å². The molecule has 0 saturated heterocycles. The first-order valence-corrected chi connectivity index (χ1v) is 9.07. The lowest BCUT2D eigenvalue weighted by Crippen LogP contribution is -2.37. The highest BCUT2D eigenvalue weighted by molar-refractivity contribution is 8.00. The van der Waals surface area contributed by atoms with Gasteiger partial charge in [-0.3, -0.25) is 9.32 Å². The second-order valence-electron chi connectivity index (χ2n) is 6.08. The lowest BCUT2D eigenvalue weighted by molar-refractivity contribution is -0.704. The number of nitrogens with one attached hydrogen (secondary N) is 2. The van der Waals surface area contributed by atoms with Gasteiger partial charge in [0, 0.05) is 17.8 Å². The van der Waals surface area contributed by atoms with Crippen molar-refractivity contribution >= 4 is 23.4 Å². The third-order valence-corrected chi connectivity index (χ3v) is 4.91. The Kier molecular flexibility index (Phi) is 5.27. The summed E-state index contributed by atoms with van der Waals surface area (Å²) in [7, 11) is 0. The number of hydrogen-bond acceptors (Lipinski definition) is 4. The van der Waals surface area contributed by atoms with Crippen LogP contribution in [0, 0.1) is 13.8 Å². The molecule has 1 atom stereocenters. The van der Waals surface area contributed by atoms with Gasteiger partial charge in [-0.15, -0.1) is 0 Å². The van der Waals surface area contributed by atoms with Crippen LogP contribution in [0.1, 0.15) is 18.1 Å². The minimum atomic E-state index is -0.509. The number of rotatable bonds is 5. The summed E-state index contributed by atoms with van der Waals surface area (Å²) in [5, 5.41) is 5.32. The molecule has 0 aliphatic heterocycles. The van der Waals surface area contributed by atoms with Crippen molar-refractivity contribution in [3.63, 3.8) is 0 Å². The van der Waals surface area contributed by atoms with Crippen LogP contribution in [-0.4, -0.2) is 16.4 Å². The molecule has 1 unspecified atom stereocenters. The average molecular weight is 370 g/mol. The topological polar surface area (TPSA) is 79.0 Å². The molecule has 2 aromatic carbocycles. The molecule has 0 aliphatic rings. The number of aromatic amines is 1. The molecule has 6 nitrogen and oxygen atoms in total. The van der Waals surface area contributed by atoms with Gasteiger partial charge in [-0.05, 0) is 65.7 Å². The first-order valence-electron chi connectivity index (χ1n) is 8.19. The summed E-state index contributed by atoms with van der Waals surface area (Å²) in [4.78, 5) is 24.6. The summed E-state index contributed by atoms with van der Waals surface area (Å²) in [5.41, 5.74) is 3.15. The highest BCUT2D eigenvalue weighted by Gasteiger charge is 2.28. The van der Waals surface area contributed by atoms with E-state index in [0.29, 0.717) is 5.03 Å². The van der Waals surface area contributed by atoms with Gasteiger partial charge >= 0.3 is 10.7 Å². The number of thioether (sulfide) groups is 1. The molecule has 1 amide bonds. The van der Waals surface area contributed by atoms with Crippen LogP contribution in [0.3, 0.4) is 0 Å². The Balaban J connectivity index is 1.78. The number of hydrogen-bond donors (Lipinski definition) is 2. The van der Waals surface area contributed by atoms with Gasteiger partial charge in [0.2, 0.25) is 11.6 Å². The van der Waals surface area contributed by atoms with E-state index in [4.69, 9.17) is 4.52 Å². The van der Waals surface area contributed by atoms with Crippen molar-refractivity contribution in [2.75, 3.05) is 5.32 Å². The van der Waals surface area contributed by atoms with E-state index in [1.165, 1.54) is 4.68 Å². The first-order chi connectivity index (χ1) is 12.4. The molecule has 1 aromatic heterocycles. The van der Waals surface area contributed by atoms with Crippen molar-refractivity contribution < 1.29 is 14.0 Å². The summed E-state index contributed by atoms with van der Waals surface area (Å²) in [5.74, 6) is -0.180. The standard InChI is InChI=1S/C19H19N3O3S/c1-12-9-13(2)11-15(10-12)20-17(23)14(3)26-18-19(24)25-21-22(18)16-7-5-4-6-8-16/h4-11,14H,1-3H3,(H-,20,21,23,24)/p+1. The van der Waals surface area contributed by atoms with Crippen LogP contribution < -0.4 is 15.6 Å². The van der Waals surface area contributed by atoms with Crippen molar-refractivity contribution in [3.8, 4) is 5.69 Å². The Morgan fingerprint density at radius 1 is 1.15 bits per heavy atom. The van der Waals surface area contributed by atoms with E-state index in [0.717, 1.165) is 34.3 Å². The molecule has 0 aliphatic carbocycles. The van der Waals surface area contributed by atoms with E-state index in [1.807, 2.05) is 62.4 Å². The van der Waals surface area contributed by atoms with Crippen molar-refractivity contribution in [1.29, 1.82) is 0 Å². The number of benzene rings is 2. The summed E-state index contributed by atoms with van der Waals surface area (Å²) in [6.07, 6.45) is 0. The molecule has 1 heterocycles. The molecule has 134 valence electrons. The molecule has 0 spiro atoms. The van der Waals surface area contributed by atoms with E-state index in [-0.39, 0.29) is 5.91 Å². The fraction of sp³-hybridized carbons (Fsp3) is 0.211. The Bertz CT molecular complexity index is 959. The van der Waals surface area contributed by atoms with Crippen LogP contribution in [0.5, 0.6) is 0 Å². The molecule has 26 heavy (non-hydrogen) atoms. The predicted molar refractivity (Wildman–Crippen MR) is 101 cm³/mol. The van der Waals surface area contributed by atoms with Crippen LogP contribution in [0.15, 0.2) is 62.9 Å². The zero-order chi connectivity index (χ0) is 18.7. The van der Waals surface area contributed by atoms with Crippen molar-refractivity contribution in [3.05, 3.63) is 70.1 Å². The van der Waals surface area contributed by atoms with Crippen LogP contribution >= 0.6 is 11.8 Å². The van der Waals surface area contributed by atoms with Crippen molar-refractivity contribution in [2.24, 2.45) is 0 Å². The Hall–Kier alpha value is -2.80. The van der Waals surface area contributed by atoms with E-state index in [1.54, 1.807) is 6.92 Å². The summed E-state index contributed by atoms with van der Waals surface area (Å²) in [6, 6.07) is 15.2. The van der Waals surface area contributed by atoms with Crippen LogP contribution in [0.2, 0.25) is 0 Å². The monoisotopic (exact) mass is 370 g/mol. The lowest BCUT2D eigenvalue weighted by atomic mass is 10.1. The Morgan fingerprint density at radius 3 is 2.46 bits per heavy atom. The quantitative estimate of drug-likeness (QED) is 0.535. The lowest BCUT2D eigenvalue weighted by Gasteiger charge is -2.11. The second kappa shape index (κ2) is 7.61. The van der Waals surface area contributed by atoms with Gasteiger partial charge in [-0.25, -0.2) is 4.79 Å². The number of H-pyrrole nitrogens is 1. The highest BCUT2D eigenvalue weighted by atomic mass is 32.2. The van der Waals surface area contributed by atoms with Crippen LogP contribution in [0.25, 0.3) is 5.69 Å². The third-order valence-electron chi connectivity index (χ3n) is 3.77. The van der Waals surface area contributed by atoms with E-state index in [9.17, 15) is 9.59 Å². The third kappa shape index (κ3) is 4.05. The normalized spacial score (nSPS) is 12.0. The van der Waals surface area contributed by atoms with Gasteiger partial charge in [0.1, 0.15) is 0 Å². The number of nitrogens with zero attached hydrogens (tertiary/aromatic N) is 1. The first kappa shape index (κ1) is 18.0. The molecule has 3 rings (SSSR count). The predicted octanol–water partition coefficient (Wildman–Crippen LogP) is 2.98. The maximum absolute atomic E-state index is 12.5. The zero-order valence-electron chi connectivity index (χ0n) is 14.8. The molecule has 0 fully saturated rings. The van der Waals surface area contributed by atoms with E-state index >= 15 is 0 Å². The summed E-state index contributed by atoms with van der Waals surface area (Å²) < 4.78 is 6.45. The van der Waals surface area contributed by atoms with E-state index in [2.05, 4.69) is 10.6 Å². The number of carbonyl (C=O) groups is 1. The largest absolute Gasteiger partial charge is 0.442 e. The Morgan fingerprint density at radius 2 is 1.81 bits per heavy atom. The molecule has 0 radical (unpaired) electrons. The van der Waals surface area contributed by atoms with E-state index < -0.39 is 10.9 Å². The zero-order valence-corrected chi connectivity index (χ0v) is 15.6. The number of amides is 1. The van der Waals surface area contributed by atoms with Gasteiger partial charge in [-0.2, -0.15) is 0 Å². The minimum Gasteiger partial charge on any atom is -0.325 e. The molecular weight excluding hydrogens is 350 g/mol. The fourth-order valence-electron chi connectivity index (χ4n) is 2.62. The molecule has 0 bridgehead atoms. The summed E-state index contributed by atoms with van der Waals surface area (Å²) in [6.45, 7) is 5.72. The van der Waals surface area contributed by atoms with Gasteiger partial charge in [0.15, 0.2) is 0 Å². The molecular formula is C19H20N3O3S+. The van der Waals surface area contributed by atoms with Crippen molar-refractivity contribution in [2.45, 2.75) is 31.0 Å². The number of aromatic nitrogens is 2. The van der Waals surface area contributed by atoms with Gasteiger partial charge in [0.05, 0.1) is 5.25 Å². The maximum atomic E-state index is 12.5. The minimum absolute atomic E-state index is 0.180. The summed E-state index contributed by atoms with van der Waals surface area (Å²) >= 11 is 1.15. The van der Waals surface area contributed by atoms with Crippen LogP contribution in [0.4, 0.5) is 5.69 Å². The van der Waals surface area contributed by atoms with Crippen molar-refractivity contribution in [1.82, 2.24) is 5.27 Å². The van der Waals surface area contributed by atoms with Gasteiger partial charge < -0.3 is 5.32 Å². The fourth-order valence-corrected chi connectivity index (χ4v) is 3.51. The molecule has 0 saturated carbocycles. The number of anilines is 1. The number of para-hydroxylation sites is 1. The molecule has 2 N–H and O–H groups in total. The highest BCUT2D eigenvalue weighted by Crippen LogP contribution is 2.21. The number of carbonyl (C=O) groups excluding carboxylic acids is 1. The average Bonchev–Trinajstić information content (AvgIpc) is 2.95. The van der Waals surface area contributed by atoms with Gasteiger partial charge in [-0.1, -0.05) is 24.3 Å². The smallest absolute Gasteiger partial charge is 0.325 e. The molecule has 3 aromatic rings. The SMILES string of the molecule is Cc1cc(C)cc(NC(=O)C(C)Sc2c(=O)o[nH][n+]2-c2ccccc2)c1. The molecule has 7 heteroatoms.